The number of hydrogen-bond acceptors (Lipinski definition) is 4. The zero-order valence-electron chi connectivity index (χ0n) is 12.2. The SMILES string of the molecule is CCC(NCC1CCCO1)(C(=O)OC)c1ccccc1. The molecule has 2 unspecified atom stereocenters. The Morgan fingerprint density at radius 3 is 2.75 bits per heavy atom. The number of rotatable bonds is 6. The summed E-state index contributed by atoms with van der Waals surface area (Å²) in [6, 6.07) is 9.75. The number of hydrogen-bond donors (Lipinski definition) is 1. The number of esters is 1. The molecule has 1 aromatic rings. The van der Waals surface area contributed by atoms with Crippen molar-refractivity contribution in [1.29, 1.82) is 0 Å². The summed E-state index contributed by atoms with van der Waals surface area (Å²) in [6.45, 7) is 3.47. The Labute approximate surface area is 120 Å². The van der Waals surface area contributed by atoms with Crippen molar-refractivity contribution < 1.29 is 14.3 Å². The molecule has 0 aromatic heterocycles. The van der Waals surface area contributed by atoms with Crippen molar-refractivity contribution in [2.75, 3.05) is 20.3 Å². The van der Waals surface area contributed by atoms with E-state index in [4.69, 9.17) is 9.47 Å². The largest absolute Gasteiger partial charge is 0.467 e. The van der Waals surface area contributed by atoms with Crippen LogP contribution in [0, 0.1) is 0 Å². The molecule has 4 nitrogen and oxygen atoms in total. The maximum Gasteiger partial charge on any atom is 0.330 e. The lowest BCUT2D eigenvalue weighted by molar-refractivity contribution is -0.149. The predicted octanol–water partition coefficient (Wildman–Crippen LogP) is 2.23. The third-order valence-electron chi connectivity index (χ3n) is 3.99. The number of benzene rings is 1. The molecule has 1 aromatic carbocycles. The fourth-order valence-electron chi connectivity index (χ4n) is 2.76. The summed E-state index contributed by atoms with van der Waals surface area (Å²) in [4.78, 5) is 12.3. The van der Waals surface area contributed by atoms with Crippen molar-refractivity contribution in [2.45, 2.75) is 37.8 Å². The first kappa shape index (κ1) is 15.0. The Hall–Kier alpha value is -1.39. The molecule has 1 aliphatic heterocycles. The van der Waals surface area contributed by atoms with Gasteiger partial charge >= 0.3 is 5.97 Å². The third kappa shape index (κ3) is 3.02. The monoisotopic (exact) mass is 277 g/mol. The van der Waals surface area contributed by atoms with Gasteiger partial charge < -0.3 is 9.47 Å². The molecule has 0 amide bonds. The fourth-order valence-corrected chi connectivity index (χ4v) is 2.76. The summed E-state index contributed by atoms with van der Waals surface area (Å²) in [5, 5.41) is 3.39. The van der Waals surface area contributed by atoms with Gasteiger partial charge in [0.05, 0.1) is 13.2 Å². The van der Waals surface area contributed by atoms with Crippen LogP contribution in [0.5, 0.6) is 0 Å². The smallest absolute Gasteiger partial charge is 0.330 e. The van der Waals surface area contributed by atoms with Crippen LogP contribution in [0.3, 0.4) is 0 Å². The lowest BCUT2D eigenvalue weighted by Gasteiger charge is -2.32. The fraction of sp³-hybridized carbons (Fsp3) is 0.562. The molecule has 0 bridgehead atoms. The summed E-state index contributed by atoms with van der Waals surface area (Å²) in [7, 11) is 1.43. The highest BCUT2D eigenvalue weighted by Gasteiger charge is 2.40. The molecule has 1 aliphatic rings. The Balaban J connectivity index is 2.20. The van der Waals surface area contributed by atoms with Crippen LogP contribution < -0.4 is 5.32 Å². The summed E-state index contributed by atoms with van der Waals surface area (Å²) in [6.07, 6.45) is 2.96. The van der Waals surface area contributed by atoms with E-state index in [1.807, 2.05) is 37.3 Å². The van der Waals surface area contributed by atoms with Crippen LogP contribution in [-0.2, 0) is 19.8 Å². The van der Waals surface area contributed by atoms with Gasteiger partial charge in [-0.05, 0) is 24.8 Å². The van der Waals surface area contributed by atoms with E-state index in [0.29, 0.717) is 13.0 Å². The molecule has 1 fully saturated rings. The Kier molecular flexibility index (Phi) is 5.15. The maximum absolute atomic E-state index is 12.3. The van der Waals surface area contributed by atoms with Gasteiger partial charge in [0, 0.05) is 13.2 Å². The van der Waals surface area contributed by atoms with Crippen LogP contribution >= 0.6 is 0 Å². The van der Waals surface area contributed by atoms with E-state index in [1.54, 1.807) is 0 Å². The summed E-state index contributed by atoms with van der Waals surface area (Å²) in [5.74, 6) is -0.246. The Morgan fingerprint density at radius 2 is 2.20 bits per heavy atom. The van der Waals surface area contributed by atoms with Gasteiger partial charge in [-0.25, -0.2) is 4.79 Å². The van der Waals surface area contributed by atoms with E-state index in [2.05, 4.69) is 5.32 Å². The van der Waals surface area contributed by atoms with E-state index < -0.39 is 5.54 Å². The van der Waals surface area contributed by atoms with Gasteiger partial charge in [0.2, 0.25) is 0 Å². The zero-order valence-corrected chi connectivity index (χ0v) is 12.2. The van der Waals surface area contributed by atoms with Crippen LogP contribution in [0.25, 0.3) is 0 Å². The van der Waals surface area contributed by atoms with Crippen molar-refractivity contribution in [3.05, 3.63) is 35.9 Å². The second kappa shape index (κ2) is 6.86. The highest BCUT2D eigenvalue weighted by atomic mass is 16.5. The summed E-state index contributed by atoms with van der Waals surface area (Å²) < 4.78 is 10.7. The van der Waals surface area contributed by atoms with Crippen LogP contribution in [-0.4, -0.2) is 32.3 Å². The van der Waals surface area contributed by atoms with Gasteiger partial charge in [0.1, 0.15) is 5.54 Å². The molecule has 20 heavy (non-hydrogen) atoms. The minimum atomic E-state index is -0.790. The minimum absolute atomic E-state index is 0.189. The number of methoxy groups -OCH3 is 1. The average Bonchev–Trinajstić information content (AvgIpc) is 3.02. The lowest BCUT2D eigenvalue weighted by Crippen LogP contribution is -2.51. The molecular weight excluding hydrogens is 254 g/mol. The minimum Gasteiger partial charge on any atom is -0.467 e. The van der Waals surface area contributed by atoms with Crippen molar-refractivity contribution in [3.63, 3.8) is 0 Å². The third-order valence-corrected chi connectivity index (χ3v) is 3.99. The van der Waals surface area contributed by atoms with E-state index in [9.17, 15) is 4.79 Å². The van der Waals surface area contributed by atoms with E-state index in [-0.39, 0.29) is 12.1 Å². The van der Waals surface area contributed by atoms with Gasteiger partial charge in [-0.15, -0.1) is 0 Å². The van der Waals surface area contributed by atoms with Crippen molar-refractivity contribution in [2.24, 2.45) is 0 Å². The molecule has 1 heterocycles. The second-order valence-corrected chi connectivity index (χ2v) is 5.13. The summed E-state index contributed by atoms with van der Waals surface area (Å²) >= 11 is 0. The molecule has 1 saturated heterocycles. The Bertz CT molecular complexity index is 429. The van der Waals surface area contributed by atoms with Crippen molar-refractivity contribution in [3.8, 4) is 0 Å². The molecule has 2 atom stereocenters. The molecule has 110 valence electrons. The van der Waals surface area contributed by atoms with Crippen molar-refractivity contribution in [1.82, 2.24) is 5.32 Å². The number of nitrogens with one attached hydrogen (secondary N) is 1. The first-order valence-electron chi connectivity index (χ1n) is 7.23. The van der Waals surface area contributed by atoms with Gasteiger partial charge in [-0.3, -0.25) is 5.32 Å². The van der Waals surface area contributed by atoms with Crippen LogP contribution in [0.4, 0.5) is 0 Å². The molecule has 1 N–H and O–H groups in total. The quantitative estimate of drug-likeness (QED) is 0.810. The zero-order chi connectivity index (χ0) is 14.4. The molecule has 2 rings (SSSR count). The molecular formula is C16H23NO3. The highest BCUT2D eigenvalue weighted by molar-refractivity contribution is 5.82. The van der Waals surface area contributed by atoms with E-state index >= 15 is 0 Å². The molecule has 4 heteroatoms. The Morgan fingerprint density at radius 1 is 1.45 bits per heavy atom. The number of carbonyl (C=O) groups is 1. The molecule has 0 saturated carbocycles. The van der Waals surface area contributed by atoms with E-state index in [0.717, 1.165) is 25.0 Å². The number of ether oxygens (including phenoxy) is 2. The standard InChI is InChI=1S/C16H23NO3/c1-3-16(15(18)19-2,13-8-5-4-6-9-13)17-12-14-10-7-11-20-14/h4-6,8-9,14,17H,3,7,10-12H2,1-2H3. The average molecular weight is 277 g/mol. The molecule has 0 spiro atoms. The van der Waals surface area contributed by atoms with Gasteiger partial charge in [0.15, 0.2) is 0 Å². The van der Waals surface area contributed by atoms with Crippen LogP contribution in [0.15, 0.2) is 30.3 Å². The summed E-state index contributed by atoms with van der Waals surface area (Å²) in [5.41, 5.74) is 0.148. The number of carbonyl (C=O) groups excluding carboxylic acids is 1. The topological polar surface area (TPSA) is 47.6 Å². The second-order valence-electron chi connectivity index (χ2n) is 5.13. The first-order chi connectivity index (χ1) is 9.73. The van der Waals surface area contributed by atoms with Gasteiger partial charge in [-0.1, -0.05) is 37.3 Å². The first-order valence-corrected chi connectivity index (χ1v) is 7.23. The lowest BCUT2D eigenvalue weighted by atomic mass is 9.87. The van der Waals surface area contributed by atoms with Crippen molar-refractivity contribution >= 4 is 5.97 Å². The normalized spacial score (nSPS) is 21.4. The predicted molar refractivity (Wildman–Crippen MR) is 77.4 cm³/mol. The van der Waals surface area contributed by atoms with Crippen LogP contribution in [0.2, 0.25) is 0 Å². The molecule has 0 aliphatic carbocycles. The van der Waals surface area contributed by atoms with Gasteiger partial charge in [-0.2, -0.15) is 0 Å². The maximum atomic E-state index is 12.3. The highest BCUT2D eigenvalue weighted by Crippen LogP contribution is 2.27. The van der Waals surface area contributed by atoms with Crippen LogP contribution in [0.1, 0.15) is 31.7 Å². The van der Waals surface area contributed by atoms with Gasteiger partial charge in [0.25, 0.3) is 0 Å². The van der Waals surface area contributed by atoms with E-state index in [1.165, 1.54) is 7.11 Å². The molecule has 0 radical (unpaired) electrons.